The summed E-state index contributed by atoms with van der Waals surface area (Å²) in [6, 6.07) is 2.54. The van der Waals surface area contributed by atoms with E-state index >= 15 is 0 Å². The van der Waals surface area contributed by atoms with Crippen molar-refractivity contribution in [3.63, 3.8) is 0 Å². The number of carboxylic acids is 1. The average Bonchev–Trinajstić information content (AvgIpc) is 2.48. The highest BCUT2D eigenvalue weighted by molar-refractivity contribution is 5.92. The van der Waals surface area contributed by atoms with E-state index in [4.69, 9.17) is 5.11 Å². The number of hydrogen-bond donors (Lipinski definition) is 3. The molecule has 0 saturated carbocycles. The van der Waals surface area contributed by atoms with Gasteiger partial charge in [0.2, 0.25) is 0 Å². The highest BCUT2D eigenvalue weighted by Crippen LogP contribution is 2.20. The van der Waals surface area contributed by atoms with Gasteiger partial charge in [-0.2, -0.15) is 0 Å². The van der Waals surface area contributed by atoms with Crippen molar-refractivity contribution in [2.75, 3.05) is 18.5 Å². The first-order valence-corrected chi connectivity index (χ1v) is 6.74. The van der Waals surface area contributed by atoms with Crippen molar-refractivity contribution >= 4 is 17.7 Å². The Bertz CT molecular complexity index is 550. The smallest absolute Gasteiger partial charge is 0.335 e. The summed E-state index contributed by atoms with van der Waals surface area (Å²) in [7, 11) is 0. The lowest BCUT2D eigenvalue weighted by Crippen LogP contribution is -2.47. The van der Waals surface area contributed by atoms with Gasteiger partial charge >= 0.3 is 12.0 Å². The third kappa shape index (κ3) is 3.49. The summed E-state index contributed by atoms with van der Waals surface area (Å²) >= 11 is 0. The summed E-state index contributed by atoms with van der Waals surface area (Å²) in [4.78, 5) is 24.3. The standard InChI is InChI=1S/C14H17FN2O4/c15-11-7-9(13(19)20)4-5-12(11)16-14(21)17-6-2-1-3-10(17)8-18/h4-5,7,10,18H,1-3,6,8H2,(H,16,21)(H,19,20). The molecular weight excluding hydrogens is 279 g/mol. The molecule has 1 unspecified atom stereocenters. The number of hydrogen-bond acceptors (Lipinski definition) is 3. The van der Waals surface area contributed by atoms with Gasteiger partial charge in [-0.1, -0.05) is 0 Å². The van der Waals surface area contributed by atoms with E-state index in [0.717, 1.165) is 18.9 Å². The molecule has 1 saturated heterocycles. The molecule has 2 amide bonds. The van der Waals surface area contributed by atoms with E-state index in [1.54, 1.807) is 0 Å². The molecule has 6 nitrogen and oxygen atoms in total. The second-order valence-electron chi connectivity index (χ2n) is 4.96. The highest BCUT2D eigenvalue weighted by Gasteiger charge is 2.26. The van der Waals surface area contributed by atoms with Crippen LogP contribution in [0, 0.1) is 5.82 Å². The summed E-state index contributed by atoms with van der Waals surface area (Å²) in [6.45, 7) is 0.375. The Balaban J connectivity index is 2.10. The molecule has 1 heterocycles. The minimum absolute atomic E-state index is 0.0766. The lowest BCUT2D eigenvalue weighted by Gasteiger charge is -2.34. The molecule has 1 aromatic rings. The second-order valence-corrected chi connectivity index (χ2v) is 4.96. The van der Waals surface area contributed by atoms with Gasteiger partial charge in [0.25, 0.3) is 0 Å². The molecule has 1 fully saturated rings. The first-order chi connectivity index (χ1) is 10.0. The first kappa shape index (κ1) is 15.2. The zero-order chi connectivity index (χ0) is 15.4. The molecule has 21 heavy (non-hydrogen) atoms. The highest BCUT2D eigenvalue weighted by atomic mass is 19.1. The Hall–Kier alpha value is -2.15. The number of likely N-dealkylation sites (tertiary alicyclic amines) is 1. The summed E-state index contributed by atoms with van der Waals surface area (Å²) in [6.07, 6.45) is 2.49. The number of halogens is 1. The number of carboxylic acid groups (broad SMARTS) is 1. The minimum Gasteiger partial charge on any atom is -0.478 e. The van der Waals surface area contributed by atoms with Crippen molar-refractivity contribution in [2.24, 2.45) is 0 Å². The molecule has 1 aliphatic rings. The molecule has 1 aromatic carbocycles. The number of aliphatic hydroxyl groups is 1. The van der Waals surface area contributed by atoms with Gasteiger partial charge in [-0.3, -0.25) is 0 Å². The van der Waals surface area contributed by atoms with Gasteiger partial charge in [-0.05, 0) is 37.5 Å². The molecule has 0 bridgehead atoms. The molecule has 1 aliphatic heterocycles. The van der Waals surface area contributed by atoms with Crippen LogP contribution in [-0.2, 0) is 0 Å². The van der Waals surface area contributed by atoms with E-state index < -0.39 is 17.8 Å². The Morgan fingerprint density at radius 2 is 2.14 bits per heavy atom. The van der Waals surface area contributed by atoms with Crippen LogP contribution in [0.5, 0.6) is 0 Å². The van der Waals surface area contributed by atoms with Crippen LogP contribution in [0.1, 0.15) is 29.6 Å². The Kier molecular flexibility index (Phi) is 4.74. The molecule has 0 aromatic heterocycles. The van der Waals surface area contributed by atoms with Gasteiger partial charge in [0.15, 0.2) is 0 Å². The van der Waals surface area contributed by atoms with E-state index in [9.17, 15) is 19.1 Å². The van der Waals surface area contributed by atoms with Crippen LogP contribution >= 0.6 is 0 Å². The molecule has 0 aliphatic carbocycles. The third-order valence-corrected chi connectivity index (χ3v) is 3.56. The third-order valence-electron chi connectivity index (χ3n) is 3.56. The maximum absolute atomic E-state index is 13.8. The number of urea groups is 1. The summed E-state index contributed by atoms with van der Waals surface area (Å²) in [5, 5.41) is 20.4. The van der Waals surface area contributed by atoms with Gasteiger partial charge in [0.1, 0.15) is 5.82 Å². The number of aliphatic hydroxyl groups excluding tert-OH is 1. The van der Waals surface area contributed by atoms with Gasteiger partial charge in [0, 0.05) is 6.54 Å². The quantitative estimate of drug-likeness (QED) is 0.794. The average molecular weight is 296 g/mol. The number of amides is 2. The Labute approximate surface area is 121 Å². The fourth-order valence-electron chi connectivity index (χ4n) is 2.39. The van der Waals surface area contributed by atoms with E-state index in [2.05, 4.69) is 5.32 Å². The van der Waals surface area contributed by atoms with Gasteiger partial charge in [-0.15, -0.1) is 0 Å². The van der Waals surface area contributed by atoms with Crippen molar-refractivity contribution in [1.29, 1.82) is 0 Å². The molecule has 2 rings (SSSR count). The van der Waals surface area contributed by atoms with Crippen LogP contribution in [0.15, 0.2) is 18.2 Å². The zero-order valence-corrected chi connectivity index (χ0v) is 11.4. The van der Waals surface area contributed by atoms with E-state index in [-0.39, 0.29) is 23.9 Å². The molecule has 1 atom stereocenters. The van der Waals surface area contributed by atoms with Crippen LogP contribution in [0.4, 0.5) is 14.9 Å². The number of carbonyl (C=O) groups is 2. The van der Waals surface area contributed by atoms with Crippen LogP contribution in [-0.4, -0.2) is 46.3 Å². The SMILES string of the molecule is O=C(O)c1ccc(NC(=O)N2CCCCC2CO)c(F)c1. The van der Waals surface area contributed by atoms with Crippen molar-refractivity contribution in [1.82, 2.24) is 4.90 Å². The zero-order valence-electron chi connectivity index (χ0n) is 11.4. The number of nitrogens with zero attached hydrogens (tertiary/aromatic N) is 1. The predicted molar refractivity (Wildman–Crippen MR) is 73.8 cm³/mol. The Morgan fingerprint density at radius 1 is 1.38 bits per heavy atom. The van der Waals surface area contributed by atoms with Crippen molar-refractivity contribution in [3.8, 4) is 0 Å². The topological polar surface area (TPSA) is 89.9 Å². The van der Waals surface area contributed by atoms with Crippen LogP contribution in [0.3, 0.4) is 0 Å². The number of benzene rings is 1. The number of anilines is 1. The van der Waals surface area contributed by atoms with Crippen molar-refractivity contribution < 1.29 is 24.2 Å². The number of rotatable bonds is 3. The van der Waals surface area contributed by atoms with E-state index in [0.29, 0.717) is 13.0 Å². The lowest BCUT2D eigenvalue weighted by molar-refractivity contribution is 0.0696. The normalized spacial score (nSPS) is 18.4. The maximum atomic E-state index is 13.8. The van der Waals surface area contributed by atoms with Crippen molar-refractivity contribution in [3.05, 3.63) is 29.6 Å². The van der Waals surface area contributed by atoms with E-state index in [1.165, 1.54) is 17.0 Å². The lowest BCUT2D eigenvalue weighted by atomic mass is 10.0. The second kappa shape index (κ2) is 6.53. The molecule has 0 spiro atoms. The Morgan fingerprint density at radius 3 is 2.76 bits per heavy atom. The molecule has 0 radical (unpaired) electrons. The number of nitrogens with one attached hydrogen (secondary N) is 1. The van der Waals surface area contributed by atoms with Crippen molar-refractivity contribution in [2.45, 2.75) is 25.3 Å². The molecule has 7 heteroatoms. The maximum Gasteiger partial charge on any atom is 0.335 e. The minimum atomic E-state index is -1.23. The van der Waals surface area contributed by atoms with Crippen LogP contribution in [0.25, 0.3) is 0 Å². The number of aromatic carboxylic acids is 1. The summed E-state index contributed by atoms with van der Waals surface area (Å²) in [5.41, 5.74) is -0.260. The fourth-order valence-corrected chi connectivity index (χ4v) is 2.39. The summed E-state index contributed by atoms with van der Waals surface area (Å²) in [5.74, 6) is -2.04. The predicted octanol–water partition coefficient (Wildman–Crippen LogP) is 1.90. The van der Waals surface area contributed by atoms with Crippen LogP contribution in [0.2, 0.25) is 0 Å². The van der Waals surface area contributed by atoms with Crippen LogP contribution < -0.4 is 5.32 Å². The molecule has 114 valence electrons. The number of carbonyl (C=O) groups excluding carboxylic acids is 1. The largest absolute Gasteiger partial charge is 0.478 e. The summed E-state index contributed by atoms with van der Waals surface area (Å²) < 4.78 is 13.8. The monoisotopic (exact) mass is 296 g/mol. The van der Waals surface area contributed by atoms with Gasteiger partial charge in [-0.25, -0.2) is 14.0 Å². The molecular formula is C14H17FN2O4. The fraction of sp³-hybridized carbons (Fsp3) is 0.429. The van der Waals surface area contributed by atoms with E-state index in [1.807, 2.05) is 0 Å². The first-order valence-electron chi connectivity index (χ1n) is 6.74. The molecule has 3 N–H and O–H groups in total. The number of piperidine rings is 1. The van der Waals surface area contributed by atoms with Gasteiger partial charge < -0.3 is 20.4 Å². The van der Waals surface area contributed by atoms with Gasteiger partial charge in [0.05, 0.1) is 23.9 Å².